The van der Waals surface area contributed by atoms with Gasteiger partial charge < -0.3 is 4.57 Å². The molecule has 0 radical (unpaired) electrons. The summed E-state index contributed by atoms with van der Waals surface area (Å²) in [5.41, 5.74) is 0. The standard InChI is InChI=1S/C8H10N4O/c1-5(2)8-11-10-6-3-9-7(13)4-12(6)8/h3,5H,4H2,1-2H3. The average molecular weight is 178 g/mol. The van der Waals surface area contributed by atoms with Crippen molar-refractivity contribution in [2.24, 2.45) is 4.99 Å². The first kappa shape index (κ1) is 8.10. The Hall–Kier alpha value is -1.52. The summed E-state index contributed by atoms with van der Waals surface area (Å²) in [6.45, 7) is 4.31. The number of aliphatic imine (C=N–C) groups is 1. The molecule has 1 aromatic rings. The van der Waals surface area contributed by atoms with E-state index in [9.17, 15) is 4.79 Å². The van der Waals surface area contributed by atoms with Crippen LogP contribution in [0.5, 0.6) is 0 Å². The number of nitrogens with zero attached hydrogens (tertiary/aromatic N) is 4. The number of hydrogen-bond acceptors (Lipinski definition) is 3. The number of carbonyl (C=O) groups is 1. The first-order chi connectivity index (χ1) is 6.18. The summed E-state index contributed by atoms with van der Waals surface area (Å²) >= 11 is 0. The highest BCUT2D eigenvalue weighted by Crippen LogP contribution is 2.14. The van der Waals surface area contributed by atoms with Crippen LogP contribution in [0.25, 0.3) is 0 Å². The van der Waals surface area contributed by atoms with Crippen molar-refractivity contribution in [3.63, 3.8) is 0 Å². The normalized spacial score (nSPS) is 15.2. The van der Waals surface area contributed by atoms with Gasteiger partial charge in [0.15, 0.2) is 5.82 Å². The number of rotatable bonds is 1. The predicted octanol–water partition coefficient (Wildman–Crippen LogP) is 0.361. The summed E-state index contributed by atoms with van der Waals surface area (Å²) < 4.78 is 1.81. The molecule has 1 aromatic heterocycles. The summed E-state index contributed by atoms with van der Waals surface area (Å²) in [5.74, 6) is 1.65. The molecule has 1 aliphatic rings. The van der Waals surface area contributed by atoms with Gasteiger partial charge in [0, 0.05) is 5.92 Å². The smallest absolute Gasteiger partial charge is 0.265 e. The third-order valence-corrected chi connectivity index (χ3v) is 1.94. The third kappa shape index (κ3) is 1.26. The van der Waals surface area contributed by atoms with Gasteiger partial charge in [0.1, 0.15) is 12.4 Å². The Morgan fingerprint density at radius 3 is 2.92 bits per heavy atom. The molecule has 1 aliphatic heterocycles. The number of hydrogen-bond donors (Lipinski definition) is 0. The number of aromatic nitrogens is 3. The topological polar surface area (TPSA) is 60.1 Å². The summed E-state index contributed by atoms with van der Waals surface area (Å²) in [6, 6.07) is 0. The number of amides is 1. The Balaban J connectivity index is 2.49. The molecular formula is C8H10N4O. The van der Waals surface area contributed by atoms with Crippen LogP contribution in [0.2, 0.25) is 0 Å². The zero-order valence-electron chi connectivity index (χ0n) is 7.56. The molecule has 68 valence electrons. The maximum Gasteiger partial charge on any atom is 0.265 e. The van der Waals surface area contributed by atoms with Gasteiger partial charge in [0.05, 0.1) is 6.21 Å². The Bertz CT molecular complexity index is 377. The van der Waals surface area contributed by atoms with Crippen LogP contribution >= 0.6 is 0 Å². The Labute approximate surface area is 75.5 Å². The van der Waals surface area contributed by atoms with E-state index in [1.54, 1.807) is 4.57 Å². The maximum atomic E-state index is 11.0. The largest absolute Gasteiger partial charge is 0.300 e. The Morgan fingerprint density at radius 1 is 1.46 bits per heavy atom. The number of carbonyl (C=O) groups excluding carboxylic acids is 1. The molecule has 2 rings (SSSR count). The van der Waals surface area contributed by atoms with Gasteiger partial charge in [0.2, 0.25) is 0 Å². The van der Waals surface area contributed by atoms with Gasteiger partial charge in [0.25, 0.3) is 5.91 Å². The van der Waals surface area contributed by atoms with E-state index in [4.69, 9.17) is 0 Å². The molecule has 0 fully saturated rings. The van der Waals surface area contributed by atoms with E-state index < -0.39 is 0 Å². The van der Waals surface area contributed by atoms with Crippen LogP contribution in [-0.2, 0) is 11.3 Å². The van der Waals surface area contributed by atoms with Crippen molar-refractivity contribution in [1.29, 1.82) is 0 Å². The molecule has 0 atom stereocenters. The van der Waals surface area contributed by atoms with Gasteiger partial charge in [-0.2, -0.15) is 0 Å². The summed E-state index contributed by atoms with van der Waals surface area (Å²) in [7, 11) is 0. The van der Waals surface area contributed by atoms with Crippen molar-refractivity contribution in [3.8, 4) is 0 Å². The van der Waals surface area contributed by atoms with E-state index in [1.165, 1.54) is 6.21 Å². The van der Waals surface area contributed by atoms with Gasteiger partial charge in [-0.05, 0) is 0 Å². The molecule has 0 aromatic carbocycles. The van der Waals surface area contributed by atoms with Crippen molar-refractivity contribution in [1.82, 2.24) is 14.8 Å². The highest BCUT2D eigenvalue weighted by molar-refractivity contribution is 5.92. The van der Waals surface area contributed by atoms with E-state index in [1.807, 2.05) is 13.8 Å². The zero-order valence-corrected chi connectivity index (χ0v) is 7.56. The lowest BCUT2D eigenvalue weighted by atomic mass is 10.2. The lowest BCUT2D eigenvalue weighted by Gasteiger charge is -2.10. The van der Waals surface area contributed by atoms with Gasteiger partial charge >= 0.3 is 0 Å². The van der Waals surface area contributed by atoms with Crippen LogP contribution in [0.3, 0.4) is 0 Å². The van der Waals surface area contributed by atoms with Crippen LogP contribution in [0, 0.1) is 0 Å². The van der Waals surface area contributed by atoms with Crippen molar-refractivity contribution in [2.45, 2.75) is 26.3 Å². The molecule has 0 aliphatic carbocycles. The monoisotopic (exact) mass is 178 g/mol. The fourth-order valence-electron chi connectivity index (χ4n) is 1.32. The fourth-order valence-corrected chi connectivity index (χ4v) is 1.32. The van der Waals surface area contributed by atoms with Gasteiger partial charge in [-0.15, -0.1) is 10.2 Å². The summed E-state index contributed by atoms with van der Waals surface area (Å²) in [5, 5.41) is 7.93. The predicted molar refractivity (Wildman–Crippen MR) is 46.7 cm³/mol. The van der Waals surface area contributed by atoms with E-state index in [-0.39, 0.29) is 18.4 Å². The molecule has 0 N–H and O–H groups in total. The molecule has 5 nitrogen and oxygen atoms in total. The quantitative estimate of drug-likeness (QED) is 0.623. The van der Waals surface area contributed by atoms with Crippen LogP contribution in [0.4, 0.5) is 0 Å². The minimum absolute atomic E-state index is 0.144. The van der Waals surface area contributed by atoms with Crippen molar-refractivity contribution in [2.75, 3.05) is 0 Å². The van der Waals surface area contributed by atoms with Crippen LogP contribution in [-0.4, -0.2) is 26.9 Å². The summed E-state index contributed by atoms with van der Waals surface area (Å²) in [4.78, 5) is 14.7. The molecule has 13 heavy (non-hydrogen) atoms. The average Bonchev–Trinajstić information content (AvgIpc) is 2.46. The van der Waals surface area contributed by atoms with E-state index in [0.717, 1.165) is 5.82 Å². The molecule has 2 heterocycles. The van der Waals surface area contributed by atoms with Crippen molar-refractivity contribution in [3.05, 3.63) is 11.6 Å². The minimum Gasteiger partial charge on any atom is -0.300 e. The van der Waals surface area contributed by atoms with Gasteiger partial charge in [-0.25, -0.2) is 4.99 Å². The third-order valence-electron chi connectivity index (χ3n) is 1.94. The highest BCUT2D eigenvalue weighted by atomic mass is 16.1. The SMILES string of the molecule is CC(C)c1nnc2n1CC(=O)N=C2. The molecule has 0 saturated heterocycles. The molecule has 0 unspecified atom stereocenters. The van der Waals surface area contributed by atoms with Gasteiger partial charge in [-0.3, -0.25) is 4.79 Å². The Kier molecular flexibility index (Phi) is 1.72. The second-order valence-electron chi connectivity index (χ2n) is 3.31. The summed E-state index contributed by atoms with van der Waals surface area (Å²) in [6.07, 6.45) is 1.46. The highest BCUT2D eigenvalue weighted by Gasteiger charge is 2.18. The molecule has 5 heteroatoms. The van der Waals surface area contributed by atoms with E-state index >= 15 is 0 Å². The molecule has 0 bridgehead atoms. The van der Waals surface area contributed by atoms with Crippen molar-refractivity contribution < 1.29 is 4.79 Å². The minimum atomic E-state index is -0.144. The molecule has 0 saturated carbocycles. The first-order valence-corrected chi connectivity index (χ1v) is 4.18. The van der Waals surface area contributed by atoms with Crippen molar-refractivity contribution >= 4 is 12.1 Å². The van der Waals surface area contributed by atoms with E-state index in [2.05, 4.69) is 15.2 Å². The molecule has 1 amide bonds. The zero-order chi connectivity index (χ0) is 9.42. The fraction of sp³-hybridized carbons (Fsp3) is 0.500. The van der Waals surface area contributed by atoms with Crippen LogP contribution < -0.4 is 0 Å². The molecule has 0 spiro atoms. The lowest BCUT2D eigenvalue weighted by molar-refractivity contribution is -0.118. The maximum absolute atomic E-state index is 11.0. The number of fused-ring (bicyclic) bond motifs is 1. The van der Waals surface area contributed by atoms with Crippen LogP contribution in [0.15, 0.2) is 4.99 Å². The Morgan fingerprint density at radius 2 is 2.23 bits per heavy atom. The van der Waals surface area contributed by atoms with Crippen LogP contribution in [0.1, 0.15) is 31.4 Å². The first-order valence-electron chi connectivity index (χ1n) is 4.18. The second-order valence-corrected chi connectivity index (χ2v) is 3.31. The molecular weight excluding hydrogens is 168 g/mol. The van der Waals surface area contributed by atoms with Gasteiger partial charge in [-0.1, -0.05) is 13.8 Å². The lowest BCUT2D eigenvalue weighted by Crippen LogP contribution is -2.18. The van der Waals surface area contributed by atoms with E-state index in [0.29, 0.717) is 5.82 Å². The second kappa shape index (κ2) is 2.76.